The van der Waals surface area contributed by atoms with Crippen LogP contribution in [0.3, 0.4) is 0 Å². The van der Waals surface area contributed by atoms with Gasteiger partial charge in [-0.3, -0.25) is 28.8 Å². The number of carbonyl (C=O) groups excluding carboxylic acids is 6. The lowest BCUT2D eigenvalue weighted by molar-refractivity contribution is -0.144. The van der Waals surface area contributed by atoms with Gasteiger partial charge in [0, 0.05) is 59.3 Å². The van der Waals surface area contributed by atoms with Crippen molar-refractivity contribution in [2.45, 2.75) is 109 Å². The summed E-state index contributed by atoms with van der Waals surface area (Å²) in [6.45, 7) is 7.51. The minimum absolute atomic E-state index is 0.269. The predicted octanol–water partition coefficient (Wildman–Crippen LogP) is 3.96. The first-order chi connectivity index (χ1) is 37.8. The number of hydrogen-bond donors (Lipinski definition) is 5. The largest absolute Gasteiger partial charge is 0.500 e. The molecule has 3 atom stereocenters. The number of ether oxygens (including phenoxy) is 3. The van der Waals surface area contributed by atoms with Crippen molar-refractivity contribution in [3.05, 3.63) is 101 Å². The molecule has 31 heteroatoms. The molecule has 438 valence electrons. The monoisotopic (exact) mass is 1200 g/mol. The first kappa shape index (κ1) is 67.4. The maximum absolute atomic E-state index is 13.7. The lowest BCUT2D eigenvalue weighted by atomic mass is 10.0. The average molecular weight is 1200 g/mol. The molecule has 1 heterocycles. The molecular formula is C49H62N4O23S3Si. The summed E-state index contributed by atoms with van der Waals surface area (Å²) in [7, 11) is -2.92. The highest BCUT2D eigenvalue weighted by molar-refractivity contribution is 8.15. The van der Waals surface area contributed by atoms with E-state index in [0.29, 0.717) is 69.5 Å². The van der Waals surface area contributed by atoms with Crippen LogP contribution < -0.4 is 22.4 Å². The van der Waals surface area contributed by atoms with E-state index in [1.807, 2.05) is 20.8 Å². The standard InChI is InChI=1S/C49H62N4O23S3Si/c1-7-74-80(75-8-2,76-9-3)22-10-15-50-46(67)79-30(6)25-39(56)73-21-18-53-48(69)51(16-19-71-37(54)23-28(4)77-44(65)35-26-31(40(57)58)11-13-33(35)42(61)62)47(68)52(49(53)70)17-20-72-38(55)24-29(5)78-45(66)36-27-32(41(59)60)12-14-34(36)43(63)64/h11-14,26-30H,7-10,15-25H2,1-6H3,(H,50,67)(H,57,58)(H,59,60)(H,61,62)(H,63,64). The number of hydrogen-bond acceptors (Lipinski definition) is 22. The van der Waals surface area contributed by atoms with Crippen LogP contribution in [0.5, 0.6) is 0 Å². The molecule has 0 spiro atoms. The number of carbonyl (C=O) groups is 10. The van der Waals surface area contributed by atoms with Crippen LogP contribution in [-0.4, -0.2) is 162 Å². The van der Waals surface area contributed by atoms with Crippen molar-refractivity contribution in [1.29, 1.82) is 0 Å². The smallest absolute Gasteiger partial charge is 0.478 e. The normalized spacial score (nSPS) is 12.4. The van der Waals surface area contributed by atoms with E-state index >= 15 is 0 Å². The molecule has 3 unspecified atom stereocenters. The zero-order valence-corrected chi connectivity index (χ0v) is 47.9. The number of rotatable bonds is 34. The molecule has 0 aliphatic heterocycles. The fourth-order valence-electron chi connectivity index (χ4n) is 7.29. The van der Waals surface area contributed by atoms with Gasteiger partial charge in [-0.2, -0.15) is 0 Å². The van der Waals surface area contributed by atoms with Crippen LogP contribution in [-0.2, 0) is 61.5 Å². The van der Waals surface area contributed by atoms with Crippen molar-refractivity contribution in [2.24, 2.45) is 0 Å². The molecule has 3 rings (SSSR count). The second-order valence-electron chi connectivity index (χ2n) is 17.0. The molecule has 2 aromatic carbocycles. The second-order valence-corrected chi connectivity index (χ2v) is 23.9. The van der Waals surface area contributed by atoms with Gasteiger partial charge in [0.2, 0.25) is 10.2 Å². The number of carboxylic acid groups (broad SMARTS) is 4. The molecule has 0 aliphatic rings. The number of nitrogens with one attached hydrogen (secondary N) is 1. The molecule has 0 bridgehead atoms. The molecule has 1 aromatic heterocycles. The van der Waals surface area contributed by atoms with E-state index in [1.165, 1.54) is 13.8 Å². The summed E-state index contributed by atoms with van der Waals surface area (Å²) < 4.78 is 34.8. The highest BCUT2D eigenvalue weighted by Gasteiger charge is 2.39. The third kappa shape index (κ3) is 21.0. The predicted molar refractivity (Wildman–Crippen MR) is 290 cm³/mol. The van der Waals surface area contributed by atoms with Gasteiger partial charge in [0.15, 0.2) is 0 Å². The van der Waals surface area contributed by atoms with Gasteiger partial charge in [-0.15, -0.1) is 0 Å². The molecule has 0 fully saturated rings. The quantitative estimate of drug-likeness (QED) is 0.0244. The van der Waals surface area contributed by atoms with Gasteiger partial charge in [-0.25, -0.2) is 47.3 Å². The van der Waals surface area contributed by atoms with Crippen LogP contribution in [0, 0.1) is 0 Å². The second kappa shape index (κ2) is 33.0. The summed E-state index contributed by atoms with van der Waals surface area (Å²) in [6, 6.07) is 6.17. The van der Waals surface area contributed by atoms with Crippen LogP contribution in [0.1, 0.15) is 129 Å². The van der Waals surface area contributed by atoms with Gasteiger partial charge in [-0.05, 0) is 63.6 Å². The molecule has 0 radical (unpaired) electrons. The highest BCUT2D eigenvalue weighted by Crippen LogP contribution is 2.26. The van der Waals surface area contributed by atoms with Crippen molar-refractivity contribution in [2.75, 3.05) is 46.2 Å². The van der Waals surface area contributed by atoms with Gasteiger partial charge < -0.3 is 53.2 Å². The van der Waals surface area contributed by atoms with E-state index in [4.69, 9.17) is 27.5 Å². The topological polar surface area (TPSA) is 385 Å². The van der Waals surface area contributed by atoms with E-state index in [0.717, 1.165) is 48.2 Å². The summed E-state index contributed by atoms with van der Waals surface area (Å²) in [6.07, 6.45) is -0.723. The summed E-state index contributed by atoms with van der Waals surface area (Å²) in [4.78, 5) is 165. The Kier molecular flexibility index (Phi) is 27.8. The number of benzene rings is 2. The van der Waals surface area contributed by atoms with E-state index in [-0.39, 0.29) is 24.1 Å². The number of esters is 3. The zero-order valence-electron chi connectivity index (χ0n) is 44.4. The first-order valence-electron chi connectivity index (χ1n) is 24.7. The van der Waals surface area contributed by atoms with Gasteiger partial charge in [0.05, 0.1) is 61.2 Å². The van der Waals surface area contributed by atoms with Crippen LogP contribution in [0.2, 0.25) is 6.04 Å². The Hall–Kier alpha value is -6.90. The third-order valence-electron chi connectivity index (χ3n) is 10.9. The maximum atomic E-state index is 13.7. The molecule has 80 heavy (non-hydrogen) atoms. The van der Waals surface area contributed by atoms with Crippen molar-refractivity contribution >= 4 is 101 Å². The Bertz CT molecular complexity index is 2790. The number of amides is 1. The number of carboxylic acids is 4. The summed E-state index contributed by atoms with van der Waals surface area (Å²) in [5.41, 5.74) is -6.22. The number of thioether (sulfide) groups is 3. The Labute approximate surface area is 470 Å². The molecule has 5 N–H and O–H groups in total. The molecule has 27 nitrogen and oxygen atoms in total. The highest BCUT2D eigenvalue weighted by atomic mass is 32.2. The lowest BCUT2D eigenvalue weighted by Crippen LogP contribution is -2.55. The SMILES string of the molecule is CCO[Si](CCCNC(=O)SC(C)CC(=O)OCCn1c(=O)n(CCOC(=O)CC(C)SC(=O)c2cc(C(=O)O)ccc2C(=O)O)c(=O)n(CCOC(=O)CC(C)SC(=O)c2cc(C(=O)O)ccc2C(=O)O)c1=O)(OCC)OCC. The minimum Gasteiger partial charge on any atom is -0.478 e. The Morgan fingerprint density at radius 2 is 0.850 bits per heavy atom. The van der Waals surface area contributed by atoms with Crippen LogP contribution in [0.15, 0.2) is 50.8 Å². The van der Waals surface area contributed by atoms with Gasteiger partial charge in [0.1, 0.15) is 19.8 Å². The van der Waals surface area contributed by atoms with Crippen molar-refractivity contribution in [3.8, 4) is 0 Å². The summed E-state index contributed by atoms with van der Waals surface area (Å²) >= 11 is 1.86. The molecule has 3 aromatic rings. The molecule has 0 aliphatic carbocycles. The molecular weight excluding hydrogens is 1140 g/mol. The van der Waals surface area contributed by atoms with Gasteiger partial charge in [0.25, 0.3) is 5.24 Å². The maximum Gasteiger partial charge on any atom is 0.500 e. The van der Waals surface area contributed by atoms with Crippen molar-refractivity contribution in [1.82, 2.24) is 19.0 Å². The van der Waals surface area contributed by atoms with Crippen LogP contribution in [0.4, 0.5) is 4.79 Å². The minimum atomic E-state index is -2.92. The first-order valence-corrected chi connectivity index (χ1v) is 29.3. The molecule has 0 saturated heterocycles. The zero-order chi connectivity index (χ0) is 59.9. The van der Waals surface area contributed by atoms with Crippen molar-refractivity contribution < 1.29 is 95.9 Å². The number of nitrogens with zero attached hydrogens (tertiary/aromatic N) is 3. The van der Waals surface area contributed by atoms with Gasteiger partial charge in [-0.1, -0.05) is 56.1 Å². The fourth-order valence-corrected chi connectivity index (χ4v) is 12.4. The van der Waals surface area contributed by atoms with Gasteiger partial charge >= 0.3 is 67.7 Å². The lowest BCUT2D eigenvalue weighted by Gasteiger charge is -2.28. The molecule has 0 saturated carbocycles. The number of aromatic carboxylic acids is 4. The van der Waals surface area contributed by atoms with Crippen molar-refractivity contribution in [3.63, 3.8) is 0 Å². The average Bonchev–Trinajstić information content (AvgIpc) is 3.39. The fraction of sp³-hybridized carbons (Fsp3) is 0.490. The Morgan fingerprint density at radius 3 is 1.16 bits per heavy atom. The van der Waals surface area contributed by atoms with E-state index in [9.17, 15) is 82.8 Å². The van der Waals surface area contributed by atoms with E-state index < -0.39 is 173 Å². The molecule has 1 amide bonds. The summed E-state index contributed by atoms with van der Waals surface area (Å²) in [5, 5.41) is 36.0. The van der Waals surface area contributed by atoms with Crippen LogP contribution in [0.25, 0.3) is 0 Å². The van der Waals surface area contributed by atoms with E-state index in [1.54, 1.807) is 6.92 Å². The van der Waals surface area contributed by atoms with Crippen LogP contribution >= 0.6 is 35.3 Å². The van der Waals surface area contributed by atoms with E-state index in [2.05, 4.69) is 5.32 Å². The Balaban J connectivity index is 1.73. The Morgan fingerprint density at radius 1 is 0.512 bits per heavy atom. The third-order valence-corrected chi connectivity index (χ3v) is 16.9. The summed E-state index contributed by atoms with van der Waals surface area (Å²) in [5.74, 6) is -8.55. The number of aromatic nitrogens is 3.